The van der Waals surface area contributed by atoms with Gasteiger partial charge in [-0.05, 0) is 12.1 Å². The molecular weight excluding hydrogens is 391 g/mol. The van der Waals surface area contributed by atoms with E-state index in [1.165, 1.54) is 16.9 Å². The highest BCUT2D eigenvalue weighted by Gasteiger charge is 2.62. The summed E-state index contributed by atoms with van der Waals surface area (Å²) in [6.45, 7) is 6.33. The number of hydrogen-bond donors (Lipinski definition) is 2. The number of aromatic nitrogens is 3. The molecule has 0 aromatic carbocycles. The molecule has 2 aromatic heterocycles. The van der Waals surface area contributed by atoms with Gasteiger partial charge in [-0.2, -0.15) is 10.4 Å². The Balaban J connectivity index is 1.68. The van der Waals surface area contributed by atoms with Crippen molar-refractivity contribution in [3.8, 4) is 6.07 Å². The van der Waals surface area contributed by atoms with Crippen LogP contribution in [0, 0.1) is 17.9 Å². The molecule has 0 aliphatic carbocycles. The number of fused-ring (bicyclic) bond motifs is 2. The molecule has 2 aliphatic heterocycles. The maximum atomic E-state index is 12.6. The average Bonchev–Trinajstić information content (AvgIpc) is 3.23. The summed E-state index contributed by atoms with van der Waals surface area (Å²) in [4.78, 5) is 6.97. The van der Waals surface area contributed by atoms with Crippen LogP contribution in [0.25, 0.3) is 10.4 Å². The van der Waals surface area contributed by atoms with Gasteiger partial charge < -0.3 is 20.4 Å². The molecule has 13 heteroatoms. The SMILES string of the molecule is [C-]#[N+]CCOP1(=O)OC[C@H]2O[C@@](C#N)(c3ccc4c(N)ncnn34)[C@H](O)[C@@H]2O1. The van der Waals surface area contributed by atoms with Crippen molar-refractivity contribution in [1.82, 2.24) is 14.6 Å². The molecule has 3 N–H and O–H groups in total. The molecule has 0 saturated carbocycles. The molecule has 12 nitrogen and oxygen atoms in total. The molecule has 2 saturated heterocycles. The second-order valence-corrected chi connectivity index (χ2v) is 7.76. The van der Waals surface area contributed by atoms with Gasteiger partial charge in [-0.25, -0.2) is 20.6 Å². The predicted molar refractivity (Wildman–Crippen MR) is 91.4 cm³/mol. The van der Waals surface area contributed by atoms with Crippen LogP contribution in [-0.2, 0) is 28.5 Å². The average molecular weight is 406 g/mol. The Kier molecular flexibility index (Phi) is 4.56. The molecule has 2 fully saturated rings. The molecule has 4 rings (SSSR count). The lowest BCUT2D eigenvalue weighted by Gasteiger charge is -2.30. The van der Waals surface area contributed by atoms with Crippen molar-refractivity contribution in [2.24, 2.45) is 0 Å². The van der Waals surface area contributed by atoms with Crippen LogP contribution >= 0.6 is 7.82 Å². The third kappa shape index (κ3) is 2.75. The molecule has 0 radical (unpaired) electrons. The zero-order valence-corrected chi connectivity index (χ0v) is 15.2. The minimum atomic E-state index is -4.00. The van der Waals surface area contributed by atoms with Crippen LogP contribution in [-0.4, -0.2) is 57.8 Å². The van der Waals surface area contributed by atoms with E-state index < -0.39 is 31.7 Å². The zero-order chi connectivity index (χ0) is 19.9. The molecule has 0 bridgehead atoms. The first kappa shape index (κ1) is 18.8. The van der Waals surface area contributed by atoms with Crippen LogP contribution < -0.4 is 5.73 Å². The van der Waals surface area contributed by atoms with Gasteiger partial charge in [-0.3, -0.25) is 13.6 Å². The largest absolute Gasteiger partial charge is 0.475 e. The number of phosphoric ester groups is 1. The fraction of sp³-hybridized carbons (Fsp3) is 0.467. The molecule has 5 atom stereocenters. The molecule has 0 amide bonds. The van der Waals surface area contributed by atoms with Crippen LogP contribution in [0.5, 0.6) is 0 Å². The third-order valence-electron chi connectivity index (χ3n) is 4.56. The molecular formula is C15H15N6O6P. The number of nitrogen functional groups attached to an aromatic ring is 1. The van der Waals surface area contributed by atoms with Crippen LogP contribution in [0.4, 0.5) is 5.82 Å². The Morgan fingerprint density at radius 3 is 3.18 bits per heavy atom. The first-order valence-corrected chi connectivity index (χ1v) is 9.67. The van der Waals surface area contributed by atoms with Crippen LogP contribution in [0.15, 0.2) is 18.5 Å². The lowest BCUT2D eigenvalue weighted by atomic mass is 9.92. The van der Waals surface area contributed by atoms with Gasteiger partial charge in [0.05, 0.1) is 12.3 Å². The highest BCUT2D eigenvalue weighted by molar-refractivity contribution is 7.48. The summed E-state index contributed by atoms with van der Waals surface area (Å²) in [5, 5.41) is 24.9. The van der Waals surface area contributed by atoms with Gasteiger partial charge >= 0.3 is 7.82 Å². The number of aliphatic hydroxyl groups is 1. The second kappa shape index (κ2) is 6.79. The third-order valence-corrected chi connectivity index (χ3v) is 6.03. The first-order chi connectivity index (χ1) is 13.4. The number of nitrogens with zero attached hydrogens (tertiary/aromatic N) is 5. The van der Waals surface area contributed by atoms with Crippen molar-refractivity contribution in [3.63, 3.8) is 0 Å². The number of anilines is 1. The second-order valence-electron chi connectivity index (χ2n) is 6.14. The number of aliphatic hydroxyl groups excluding tert-OH is 1. The summed E-state index contributed by atoms with van der Waals surface area (Å²) in [5.74, 6) is 0.191. The van der Waals surface area contributed by atoms with Gasteiger partial charge in [0, 0.05) is 0 Å². The topological polar surface area (TPSA) is 159 Å². The number of hydrogen-bond acceptors (Lipinski definition) is 10. The number of ether oxygens (including phenoxy) is 1. The lowest BCUT2D eigenvalue weighted by molar-refractivity contribution is -0.0772. The van der Waals surface area contributed by atoms with E-state index in [0.29, 0.717) is 5.52 Å². The van der Waals surface area contributed by atoms with E-state index >= 15 is 0 Å². The monoisotopic (exact) mass is 406 g/mol. The van der Waals surface area contributed by atoms with Gasteiger partial charge in [0.25, 0.3) is 0 Å². The van der Waals surface area contributed by atoms with E-state index in [4.69, 9.17) is 30.6 Å². The maximum Gasteiger partial charge on any atom is 0.475 e. The predicted octanol–water partition coefficient (Wildman–Crippen LogP) is 0.249. The van der Waals surface area contributed by atoms with Crippen molar-refractivity contribution in [3.05, 3.63) is 35.6 Å². The number of nitriles is 1. The minimum Gasteiger partial charge on any atom is -0.386 e. The van der Waals surface area contributed by atoms with Crippen LogP contribution in [0.2, 0.25) is 0 Å². The summed E-state index contributed by atoms with van der Waals surface area (Å²) >= 11 is 0. The lowest BCUT2D eigenvalue weighted by Crippen LogP contribution is -2.43. The highest BCUT2D eigenvalue weighted by atomic mass is 31.2. The van der Waals surface area contributed by atoms with Gasteiger partial charge in [-0.15, -0.1) is 0 Å². The first-order valence-electron chi connectivity index (χ1n) is 8.20. The van der Waals surface area contributed by atoms with Crippen molar-refractivity contribution in [1.29, 1.82) is 5.26 Å². The Bertz CT molecular complexity index is 1050. The molecule has 1 unspecified atom stereocenters. The van der Waals surface area contributed by atoms with Crippen molar-refractivity contribution in [2.45, 2.75) is 23.9 Å². The summed E-state index contributed by atoms with van der Waals surface area (Å²) in [5.41, 5.74) is 4.61. The molecule has 0 spiro atoms. The van der Waals surface area contributed by atoms with Gasteiger partial charge in [-0.1, -0.05) is 0 Å². The fourth-order valence-electron chi connectivity index (χ4n) is 3.27. The van der Waals surface area contributed by atoms with Crippen LogP contribution in [0.1, 0.15) is 5.69 Å². The number of nitrogens with two attached hydrogens (primary N) is 1. The van der Waals surface area contributed by atoms with Crippen molar-refractivity contribution in [2.75, 3.05) is 25.5 Å². The van der Waals surface area contributed by atoms with E-state index in [0.717, 1.165) is 0 Å². The smallest absolute Gasteiger partial charge is 0.386 e. The van der Waals surface area contributed by atoms with E-state index in [9.17, 15) is 14.9 Å². The standard InChI is InChI=1S/C15H15N6O6P/c1-18-4-5-24-28(23)25-6-10-12(27-28)13(22)15(7-16,26-10)11-3-2-9-14(17)19-8-20-21(9)11/h2-3,8,10,12-13,22H,4-6H2,(H2,17,19,20)/t10-,12-,13-,15+,28?/m1/s1. The Labute approximate surface area is 158 Å². The molecule has 2 aromatic rings. The molecule has 146 valence electrons. The maximum absolute atomic E-state index is 12.6. The summed E-state index contributed by atoms with van der Waals surface area (Å²) in [6, 6.07) is 5.11. The minimum absolute atomic E-state index is 0.0245. The Hall–Kier alpha value is -2.57. The van der Waals surface area contributed by atoms with E-state index in [2.05, 4.69) is 14.9 Å². The zero-order valence-electron chi connectivity index (χ0n) is 14.3. The number of rotatable bonds is 4. The van der Waals surface area contributed by atoms with E-state index in [-0.39, 0.29) is 31.3 Å². The highest BCUT2D eigenvalue weighted by Crippen LogP contribution is 2.58. The Morgan fingerprint density at radius 1 is 1.61 bits per heavy atom. The van der Waals surface area contributed by atoms with E-state index in [1.807, 2.05) is 6.07 Å². The molecule has 28 heavy (non-hydrogen) atoms. The summed E-state index contributed by atoms with van der Waals surface area (Å²) in [6.07, 6.45) is -2.31. The summed E-state index contributed by atoms with van der Waals surface area (Å²) in [7, 11) is -4.00. The normalized spacial score (nSPS) is 34.6. The van der Waals surface area contributed by atoms with Crippen LogP contribution in [0.3, 0.4) is 0 Å². The molecule has 4 heterocycles. The molecule has 2 aliphatic rings. The van der Waals surface area contributed by atoms with Crippen molar-refractivity contribution >= 4 is 19.2 Å². The Morgan fingerprint density at radius 2 is 2.43 bits per heavy atom. The number of phosphoric acid groups is 1. The quantitative estimate of drug-likeness (QED) is 0.409. The van der Waals surface area contributed by atoms with E-state index in [1.54, 1.807) is 6.07 Å². The van der Waals surface area contributed by atoms with Gasteiger partial charge in [0.15, 0.2) is 5.82 Å². The van der Waals surface area contributed by atoms with Crippen molar-refractivity contribution < 1.29 is 28.0 Å². The fourth-order valence-corrected chi connectivity index (χ4v) is 4.65. The summed E-state index contributed by atoms with van der Waals surface area (Å²) < 4.78 is 35.3. The van der Waals surface area contributed by atoms with Gasteiger partial charge in [0.2, 0.25) is 12.1 Å². The van der Waals surface area contributed by atoms with Gasteiger partial charge in [0.1, 0.15) is 42.8 Å².